The molecule has 25 heavy (non-hydrogen) atoms. The highest BCUT2D eigenvalue weighted by Gasteiger charge is 2.06. The molecule has 0 spiro atoms. The molecule has 0 saturated carbocycles. The first-order valence-corrected chi connectivity index (χ1v) is 8.01. The average molecular weight is 348 g/mol. The number of anilines is 1. The van der Waals surface area contributed by atoms with E-state index in [4.69, 9.17) is 0 Å². The van der Waals surface area contributed by atoms with E-state index in [0.29, 0.717) is 19.4 Å². The molecule has 2 aromatic carbocycles. The van der Waals surface area contributed by atoms with Crippen LogP contribution in [0.15, 0.2) is 48.5 Å². The van der Waals surface area contributed by atoms with Crippen LogP contribution >= 0.6 is 0 Å². The molecule has 6 heteroatoms. The Morgan fingerprint density at radius 3 is 2.20 bits per heavy atom. The van der Waals surface area contributed by atoms with Gasteiger partial charge in [-0.2, -0.15) is 8.78 Å². The molecule has 1 amide bonds. The SMILES string of the molecule is CN(C)c1ccc(CNC(=O)CCc2ccc(OC(F)F)cc2)cc1. The summed E-state index contributed by atoms with van der Waals surface area (Å²) in [5, 5.41) is 2.88. The third kappa shape index (κ3) is 6.41. The number of alkyl halides is 2. The van der Waals surface area contributed by atoms with E-state index < -0.39 is 6.61 Å². The highest BCUT2D eigenvalue weighted by Crippen LogP contribution is 2.16. The Morgan fingerprint density at radius 2 is 1.64 bits per heavy atom. The highest BCUT2D eigenvalue weighted by molar-refractivity contribution is 5.76. The summed E-state index contributed by atoms with van der Waals surface area (Å²) in [6.45, 7) is -2.35. The van der Waals surface area contributed by atoms with E-state index in [1.807, 2.05) is 43.3 Å². The predicted molar refractivity (Wildman–Crippen MR) is 94.0 cm³/mol. The molecule has 0 atom stereocenters. The summed E-state index contributed by atoms with van der Waals surface area (Å²) >= 11 is 0. The number of amides is 1. The largest absolute Gasteiger partial charge is 0.435 e. The monoisotopic (exact) mass is 348 g/mol. The number of ether oxygens (including phenoxy) is 1. The molecule has 0 saturated heterocycles. The van der Waals surface area contributed by atoms with Crippen LogP contribution in [0.1, 0.15) is 17.5 Å². The molecular weight excluding hydrogens is 326 g/mol. The van der Waals surface area contributed by atoms with Crippen LogP contribution in [-0.4, -0.2) is 26.6 Å². The molecule has 2 aromatic rings. The summed E-state index contributed by atoms with van der Waals surface area (Å²) in [5.74, 6) is 0.0639. The first kappa shape index (κ1) is 18.7. The average Bonchev–Trinajstić information content (AvgIpc) is 2.59. The van der Waals surface area contributed by atoms with Crippen molar-refractivity contribution in [3.63, 3.8) is 0 Å². The molecule has 0 aliphatic rings. The standard InChI is InChI=1S/C19H22F2N2O2/c1-23(2)16-8-3-15(4-9-16)13-22-18(24)12-7-14-5-10-17(11-6-14)25-19(20)21/h3-6,8-11,19H,7,12-13H2,1-2H3,(H,22,24). The normalized spacial score (nSPS) is 10.6. The molecule has 2 rings (SSSR count). The van der Waals surface area contributed by atoms with Crippen molar-refractivity contribution in [3.05, 3.63) is 59.7 Å². The topological polar surface area (TPSA) is 41.6 Å². The van der Waals surface area contributed by atoms with E-state index in [9.17, 15) is 13.6 Å². The first-order valence-electron chi connectivity index (χ1n) is 8.01. The van der Waals surface area contributed by atoms with Gasteiger partial charge in [0, 0.05) is 32.7 Å². The zero-order chi connectivity index (χ0) is 18.2. The fourth-order valence-corrected chi connectivity index (χ4v) is 2.30. The number of nitrogens with zero attached hydrogens (tertiary/aromatic N) is 1. The van der Waals surface area contributed by atoms with Gasteiger partial charge in [0.1, 0.15) is 5.75 Å². The number of benzene rings is 2. The van der Waals surface area contributed by atoms with Gasteiger partial charge in [-0.1, -0.05) is 24.3 Å². The van der Waals surface area contributed by atoms with Crippen molar-refractivity contribution in [1.29, 1.82) is 0 Å². The second kappa shape index (κ2) is 9.01. The van der Waals surface area contributed by atoms with E-state index in [1.165, 1.54) is 12.1 Å². The van der Waals surface area contributed by atoms with Crippen molar-refractivity contribution in [2.75, 3.05) is 19.0 Å². The summed E-state index contributed by atoms with van der Waals surface area (Å²) in [6, 6.07) is 14.3. The van der Waals surface area contributed by atoms with Crippen molar-refractivity contribution in [2.45, 2.75) is 26.0 Å². The molecule has 0 fully saturated rings. The third-order valence-electron chi connectivity index (χ3n) is 3.73. The predicted octanol–water partition coefficient (Wildman–Crippen LogP) is 3.60. The summed E-state index contributed by atoms with van der Waals surface area (Å²) in [5.41, 5.74) is 3.04. The van der Waals surface area contributed by atoms with Gasteiger partial charge in [-0.3, -0.25) is 4.79 Å². The van der Waals surface area contributed by atoms with Crippen LogP contribution in [0.5, 0.6) is 5.75 Å². The Labute approximate surface area is 146 Å². The van der Waals surface area contributed by atoms with Gasteiger partial charge in [0.15, 0.2) is 0 Å². The van der Waals surface area contributed by atoms with E-state index >= 15 is 0 Å². The molecule has 134 valence electrons. The lowest BCUT2D eigenvalue weighted by Gasteiger charge is -2.13. The lowest BCUT2D eigenvalue weighted by atomic mass is 10.1. The van der Waals surface area contributed by atoms with Gasteiger partial charge < -0.3 is 15.0 Å². The molecule has 0 bridgehead atoms. The maximum atomic E-state index is 12.1. The van der Waals surface area contributed by atoms with Gasteiger partial charge in [-0.15, -0.1) is 0 Å². The van der Waals surface area contributed by atoms with Crippen molar-refractivity contribution in [2.24, 2.45) is 0 Å². The summed E-state index contributed by atoms with van der Waals surface area (Å²) in [4.78, 5) is 13.9. The Bertz CT molecular complexity index is 671. The van der Waals surface area contributed by atoms with Crippen LogP contribution in [0.4, 0.5) is 14.5 Å². The molecule has 1 N–H and O–H groups in total. The number of hydrogen-bond donors (Lipinski definition) is 1. The maximum absolute atomic E-state index is 12.1. The van der Waals surface area contributed by atoms with Crippen LogP contribution in [0.3, 0.4) is 0 Å². The molecule has 0 radical (unpaired) electrons. The van der Waals surface area contributed by atoms with Crippen molar-refractivity contribution >= 4 is 11.6 Å². The second-order valence-corrected chi connectivity index (χ2v) is 5.86. The summed E-state index contributed by atoms with van der Waals surface area (Å²) < 4.78 is 28.5. The number of carbonyl (C=O) groups is 1. The van der Waals surface area contributed by atoms with E-state index in [0.717, 1.165) is 16.8 Å². The fraction of sp³-hybridized carbons (Fsp3) is 0.316. The van der Waals surface area contributed by atoms with Crippen LogP contribution in [0.25, 0.3) is 0 Å². The molecular formula is C19H22F2N2O2. The second-order valence-electron chi connectivity index (χ2n) is 5.86. The molecule has 0 aliphatic heterocycles. The zero-order valence-corrected chi connectivity index (χ0v) is 14.3. The van der Waals surface area contributed by atoms with Gasteiger partial charge in [-0.25, -0.2) is 0 Å². The Hall–Kier alpha value is -2.63. The maximum Gasteiger partial charge on any atom is 0.387 e. The van der Waals surface area contributed by atoms with Gasteiger partial charge in [0.2, 0.25) is 5.91 Å². The zero-order valence-electron chi connectivity index (χ0n) is 14.3. The summed E-state index contributed by atoms with van der Waals surface area (Å²) in [6.07, 6.45) is 0.880. The minimum atomic E-state index is -2.83. The quantitative estimate of drug-likeness (QED) is 0.792. The van der Waals surface area contributed by atoms with Gasteiger partial charge in [-0.05, 0) is 41.8 Å². The van der Waals surface area contributed by atoms with Crippen LogP contribution in [0, 0.1) is 0 Å². The minimum absolute atomic E-state index is 0.0513. The molecule has 0 aromatic heterocycles. The third-order valence-corrected chi connectivity index (χ3v) is 3.73. The smallest absolute Gasteiger partial charge is 0.387 e. The first-order chi connectivity index (χ1) is 11.9. The Morgan fingerprint density at radius 1 is 1.04 bits per heavy atom. The highest BCUT2D eigenvalue weighted by atomic mass is 19.3. The number of carbonyl (C=O) groups excluding carboxylic acids is 1. The number of hydrogen-bond acceptors (Lipinski definition) is 3. The van der Waals surface area contributed by atoms with Gasteiger partial charge in [0.25, 0.3) is 0 Å². The van der Waals surface area contributed by atoms with Crippen LogP contribution < -0.4 is 15.0 Å². The Balaban J connectivity index is 1.75. The minimum Gasteiger partial charge on any atom is -0.435 e. The van der Waals surface area contributed by atoms with E-state index in [1.54, 1.807) is 12.1 Å². The lowest BCUT2D eigenvalue weighted by Crippen LogP contribution is -2.23. The molecule has 0 aliphatic carbocycles. The fourth-order valence-electron chi connectivity index (χ4n) is 2.30. The van der Waals surface area contributed by atoms with Crippen molar-refractivity contribution < 1.29 is 18.3 Å². The molecule has 0 unspecified atom stereocenters. The van der Waals surface area contributed by atoms with Crippen molar-refractivity contribution in [3.8, 4) is 5.75 Å². The molecule has 0 heterocycles. The molecule has 4 nitrogen and oxygen atoms in total. The van der Waals surface area contributed by atoms with Gasteiger partial charge >= 0.3 is 6.61 Å². The number of halogens is 2. The number of rotatable bonds is 8. The number of nitrogens with one attached hydrogen (secondary N) is 1. The number of aryl methyl sites for hydroxylation is 1. The Kier molecular flexibility index (Phi) is 6.74. The van der Waals surface area contributed by atoms with E-state index in [-0.39, 0.29) is 11.7 Å². The van der Waals surface area contributed by atoms with Gasteiger partial charge in [0.05, 0.1) is 0 Å². The lowest BCUT2D eigenvalue weighted by molar-refractivity contribution is -0.121. The van der Waals surface area contributed by atoms with Crippen LogP contribution in [-0.2, 0) is 17.8 Å². The van der Waals surface area contributed by atoms with Crippen molar-refractivity contribution in [1.82, 2.24) is 5.32 Å². The van der Waals surface area contributed by atoms with Crippen LogP contribution in [0.2, 0.25) is 0 Å². The summed E-state index contributed by atoms with van der Waals surface area (Å²) in [7, 11) is 3.95. The van der Waals surface area contributed by atoms with E-state index in [2.05, 4.69) is 10.1 Å².